The fourth-order valence-corrected chi connectivity index (χ4v) is 3.59. The third kappa shape index (κ3) is 2.63. The first-order valence-electron chi connectivity index (χ1n) is 9.01. The van der Waals surface area contributed by atoms with Crippen LogP contribution in [0.1, 0.15) is 40.2 Å². The van der Waals surface area contributed by atoms with Gasteiger partial charge in [-0.3, -0.25) is 9.78 Å². The minimum atomic E-state index is -0.691. The molecule has 1 amide bonds. The Hall–Kier alpha value is -3.61. The quantitative estimate of drug-likeness (QED) is 0.423. The number of para-hydroxylation sites is 1. The fraction of sp³-hybridized carbons (Fsp3) is 0.143. The maximum absolute atomic E-state index is 14.3. The van der Waals surface area contributed by atoms with Crippen LogP contribution in [0.4, 0.5) is 4.39 Å². The topological polar surface area (TPSA) is 97.0 Å². The molecule has 1 aromatic carbocycles. The van der Waals surface area contributed by atoms with E-state index in [0.29, 0.717) is 16.8 Å². The van der Waals surface area contributed by atoms with Crippen molar-refractivity contribution < 1.29 is 9.18 Å². The van der Waals surface area contributed by atoms with Gasteiger partial charge >= 0.3 is 0 Å². The maximum Gasteiger partial charge on any atom is 0.282 e. The van der Waals surface area contributed by atoms with E-state index in [1.165, 1.54) is 0 Å². The molecule has 5 rings (SSSR count). The van der Waals surface area contributed by atoms with Crippen LogP contribution in [0.15, 0.2) is 53.9 Å². The first kappa shape index (κ1) is 16.6. The van der Waals surface area contributed by atoms with Crippen LogP contribution in [0.2, 0.25) is 0 Å². The van der Waals surface area contributed by atoms with E-state index in [-0.39, 0.29) is 17.3 Å². The van der Waals surface area contributed by atoms with E-state index in [4.69, 9.17) is 5.73 Å². The fourth-order valence-electron chi connectivity index (χ4n) is 3.59. The highest BCUT2D eigenvalue weighted by atomic mass is 19.1. The van der Waals surface area contributed by atoms with Crippen molar-refractivity contribution in [3.63, 3.8) is 0 Å². The number of hydrogen-bond acceptors (Lipinski definition) is 3. The zero-order valence-electron chi connectivity index (χ0n) is 14.8. The maximum atomic E-state index is 14.3. The third-order valence-electron chi connectivity index (χ3n) is 5.06. The van der Waals surface area contributed by atoms with Gasteiger partial charge in [0, 0.05) is 34.2 Å². The van der Waals surface area contributed by atoms with Crippen LogP contribution in [-0.2, 0) is 0 Å². The largest absolute Gasteiger partial charge is 0.383 e. The van der Waals surface area contributed by atoms with Gasteiger partial charge in [0.05, 0.1) is 11.8 Å². The second kappa shape index (κ2) is 6.23. The molecule has 0 saturated heterocycles. The second-order valence-corrected chi connectivity index (χ2v) is 6.91. The number of nitrogens with two attached hydrogens (primary N) is 1. The van der Waals surface area contributed by atoms with Gasteiger partial charge in [0.1, 0.15) is 11.5 Å². The number of carbonyl (C=O) groups excluding carboxylic acids is 1. The van der Waals surface area contributed by atoms with Crippen molar-refractivity contribution in [2.24, 2.45) is 10.7 Å². The summed E-state index contributed by atoms with van der Waals surface area (Å²) in [6.07, 6.45) is 6.03. The predicted molar refractivity (Wildman–Crippen MR) is 105 cm³/mol. The van der Waals surface area contributed by atoms with Gasteiger partial charge in [0.15, 0.2) is 5.82 Å². The van der Waals surface area contributed by atoms with Crippen molar-refractivity contribution >= 4 is 33.7 Å². The SMILES string of the molecule is NC(=NC(=O)c1c(F)cncc1C1CC1)c1ccnc2[nH]c3ccccc3c12. The molecule has 0 bridgehead atoms. The molecule has 0 radical (unpaired) electrons. The summed E-state index contributed by atoms with van der Waals surface area (Å²) in [6.45, 7) is 0. The molecule has 1 aliphatic rings. The average Bonchev–Trinajstić information content (AvgIpc) is 3.47. The lowest BCUT2D eigenvalue weighted by molar-refractivity contribution is 0.0998. The summed E-state index contributed by atoms with van der Waals surface area (Å²) in [5.74, 6) is -1.16. The number of amidine groups is 1. The van der Waals surface area contributed by atoms with Crippen LogP contribution >= 0.6 is 0 Å². The molecule has 6 nitrogen and oxygen atoms in total. The van der Waals surface area contributed by atoms with Gasteiger partial charge in [-0.05, 0) is 36.5 Å². The number of carbonyl (C=O) groups is 1. The monoisotopic (exact) mass is 373 g/mol. The summed E-state index contributed by atoms with van der Waals surface area (Å²) >= 11 is 0. The number of hydrogen-bond donors (Lipinski definition) is 2. The van der Waals surface area contributed by atoms with Crippen molar-refractivity contribution in [2.75, 3.05) is 0 Å². The molecule has 138 valence electrons. The Labute approximate surface area is 159 Å². The van der Waals surface area contributed by atoms with Crippen molar-refractivity contribution in [3.8, 4) is 0 Å². The van der Waals surface area contributed by atoms with Gasteiger partial charge in [-0.1, -0.05) is 18.2 Å². The number of aromatic nitrogens is 3. The van der Waals surface area contributed by atoms with Crippen LogP contribution < -0.4 is 5.73 Å². The zero-order chi connectivity index (χ0) is 19.3. The molecule has 1 fully saturated rings. The van der Waals surface area contributed by atoms with Crippen molar-refractivity contribution in [1.82, 2.24) is 15.0 Å². The number of amides is 1. The number of H-pyrrole nitrogens is 1. The molecule has 3 heterocycles. The Morgan fingerprint density at radius 2 is 2.04 bits per heavy atom. The van der Waals surface area contributed by atoms with Crippen LogP contribution in [-0.4, -0.2) is 26.7 Å². The minimum absolute atomic E-state index is 0.0279. The first-order chi connectivity index (χ1) is 13.6. The summed E-state index contributed by atoms with van der Waals surface area (Å²) in [4.78, 5) is 28.3. The number of nitrogens with one attached hydrogen (secondary N) is 1. The van der Waals surface area contributed by atoms with Gasteiger partial charge in [0.2, 0.25) is 0 Å². The number of benzene rings is 1. The van der Waals surface area contributed by atoms with E-state index in [1.807, 2.05) is 24.3 Å². The Morgan fingerprint density at radius 1 is 1.21 bits per heavy atom. The lowest BCUT2D eigenvalue weighted by Crippen LogP contribution is -2.17. The Bertz CT molecular complexity index is 1270. The highest BCUT2D eigenvalue weighted by Crippen LogP contribution is 2.42. The summed E-state index contributed by atoms with van der Waals surface area (Å²) < 4.78 is 14.3. The van der Waals surface area contributed by atoms with Crippen LogP contribution in [0.5, 0.6) is 0 Å². The molecular formula is C21H16FN5O. The van der Waals surface area contributed by atoms with Crippen LogP contribution in [0, 0.1) is 5.82 Å². The highest BCUT2D eigenvalue weighted by molar-refractivity contribution is 6.20. The average molecular weight is 373 g/mol. The number of fused-ring (bicyclic) bond motifs is 3. The van der Waals surface area contributed by atoms with Gasteiger partial charge < -0.3 is 10.7 Å². The van der Waals surface area contributed by atoms with Gasteiger partial charge in [-0.25, -0.2) is 9.37 Å². The number of pyridine rings is 2. The summed E-state index contributed by atoms with van der Waals surface area (Å²) in [5.41, 5.74) is 8.90. The molecule has 0 atom stereocenters. The van der Waals surface area contributed by atoms with Gasteiger partial charge in [-0.2, -0.15) is 4.99 Å². The predicted octanol–water partition coefficient (Wildman–Crippen LogP) is 3.67. The van der Waals surface area contributed by atoms with Crippen LogP contribution in [0.3, 0.4) is 0 Å². The molecule has 0 aliphatic heterocycles. The minimum Gasteiger partial charge on any atom is -0.383 e. The Balaban J connectivity index is 1.63. The molecule has 1 saturated carbocycles. The van der Waals surface area contributed by atoms with E-state index in [0.717, 1.165) is 35.3 Å². The number of nitrogens with zero attached hydrogens (tertiary/aromatic N) is 3. The lowest BCUT2D eigenvalue weighted by atomic mass is 10.0. The Kier molecular flexibility index (Phi) is 3.68. The molecule has 4 aromatic rings. The Morgan fingerprint density at radius 3 is 2.86 bits per heavy atom. The lowest BCUT2D eigenvalue weighted by Gasteiger charge is -2.07. The number of aliphatic imine (C=N–C) groups is 1. The smallest absolute Gasteiger partial charge is 0.282 e. The van der Waals surface area contributed by atoms with Crippen molar-refractivity contribution in [2.45, 2.75) is 18.8 Å². The number of rotatable bonds is 3. The molecular weight excluding hydrogens is 357 g/mol. The molecule has 1 aliphatic carbocycles. The van der Waals surface area contributed by atoms with E-state index in [1.54, 1.807) is 18.5 Å². The third-order valence-corrected chi connectivity index (χ3v) is 5.06. The number of halogens is 1. The van der Waals surface area contributed by atoms with E-state index < -0.39 is 11.7 Å². The van der Waals surface area contributed by atoms with Crippen LogP contribution in [0.25, 0.3) is 21.9 Å². The molecule has 3 aromatic heterocycles. The molecule has 7 heteroatoms. The molecule has 3 N–H and O–H groups in total. The van der Waals surface area contributed by atoms with Gasteiger partial charge in [0.25, 0.3) is 5.91 Å². The number of aromatic amines is 1. The van der Waals surface area contributed by atoms with E-state index >= 15 is 0 Å². The van der Waals surface area contributed by atoms with E-state index in [9.17, 15) is 9.18 Å². The summed E-state index contributed by atoms with van der Waals surface area (Å²) in [6, 6.07) is 9.43. The first-order valence-corrected chi connectivity index (χ1v) is 9.01. The molecule has 28 heavy (non-hydrogen) atoms. The van der Waals surface area contributed by atoms with Crippen molar-refractivity contribution in [3.05, 3.63) is 71.4 Å². The van der Waals surface area contributed by atoms with Gasteiger partial charge in [-0.15, -0.1) is 0 Å². The standard InChI is InChI=1S/C21H16FN5O/c22-15-10-24-9-14(11-5-6-11)18(15)21(28)27-19(23)13-7-8-25-20-17(13)12-3-1-2-4-16(12)26-20/h1-4,7-11H,5-6H2,(H,25,26)(H2,23,27,28). The zero-order valence-corrected chi connectivity index (χ0v) is 14.8. The summed E-state index contributed by atoms with van der Waals surface area (Å²) in [7, 11) is 0. The van der Waals surface area contributed by atoms with Crippen molar-refractivity contribution in [1.29, 1.82) is 0 Å². The molecule has 0 spiro atoms. The highest BCUT2D eigenvalue weighted by Gasteiger charge is 2.30. The van der Waals surface area contributed by atoms with E-state index in [2.05, 4.69) is 19.9 Å². The molecule has 0 unspecified atom stereocenters. The normalized spacial score (nSPS) is 14.7. The second-order valence-electron chi connectivity index (χ2n) is 6.91. The summed E-state index contributed by atoms with van der Waals surface area (Å²) in [5, 5.41) is 1.71.